The van der Waals surface area contributed by atoms with E-state index >= 15 is 0 Å². The van der Waals surface area contributed by atoms with E-state index in [1.165, 1.54) is 0 Å². The van der Waals surface area contributed by atoms with Gasteiger partial charge in [-0.2, -0.15) is 13.2 Å². The van der Waals surface area contributed by atoms with Gasteiger partial charge in [0.15, 0.2) is 0 Å². The van der Waals surface area contributed by atoms with Crippen LogP contribution in [-0.4, -0.2) is 40.2 Å². The van der Waals surface area contributed by atoms with Gasteiger partial charge in [-0.15, -0.1) is 11.8 Å². The Hall–Kier alpha value is -0.920. The lowest BCUT2D eigenvalue weighted by molar-refractivity contribution is -0.143. The number of carbonyl (C=O) groups excluding carboxylic acids is 1. The summed E-state index contributed by atoms with van der Waals surface area (Å²) in [7, 11) is 0. The zero-order valence-corrected chi connectivity index (χ0v) is 8.19. The maximum Gasteiger partial charge on any atom is 0.401 e. The van der Waals surface area contributed by atoms with E-state index < -0.39 is 35.8 Å². The fraction of sp³-hybridized carbons (Fsp3) is 0.714. The van der Waals surface area contributed by atoms with E-state index in [1.54, 1.807) is 0 Å². The molecule has 4 nitrogen and oxygen atoms in total. The zero-order valence-electron chi connectivity index (χ0n) is 7.37. The number of amides is 1. The first-order valence-electron chi connectivity index (χ1n) is 4.01. The van der Waals surface area contributed by atoms with E-state index in [9.17, 15) is 22.8 Å². The quantitative estimate of drug-likeness (QED) is 0.708. The maximum atomic E-state index is 12.3. The summed E-state index contributed by atoms with van der Waals surface area (Å²) in [6, 6.07) is -1.24. The molecule has 8 heteroatoms. The maximum absolute atomic E-state index is 12.3. The lowest BCUT2D eigenvalue weighted by Gasteiger charge is -2.15. The predicted octanol–water partition coefficient (Wildman–Crippen LogP) is 0.624. The third kappa shape index (κ3) is 3.29. The monoisotopic (exact) mass is 243 g/mol. The van der Waals surface area contributed by atoms with Gasteiger partial charge in [-0.25, -0.2) is 4.79 Å². The van der Waals surface area contributed by atoms with Crippen LogP contribution in [0.2, 0.25) is 0 Å². The van der Waals surface area contributed by atoms with E-state index in [0.29, 0.717) is 11.8 Å². The molecule has 1 aliphatic rings. The van der Waals surface area contributed by atoms with Crippen LogP contribution < -0.4 is 5.32 Å². The first-order valence-corrected chi connectivity index (χ1v) is 5.06. The minimum Gasteiger partial charge on any atom is -0.480 e. The molecular weight excluding hydrogens is 235 g/mol. The van der Waals surface area contributed by atoms with Crippen molar-refractivity contribution in [2.75, 3.05) is 5.75 Å². The largest absolute Gasteiger partial charge is 0.480 e. The fourth-order valence-electron chi connectivity index (χ4n) is 1.08. The Bertz CT molecular complexity index is 281. The van der Waals surface area contributed by atoms with E-state index in [4.69, 9.17) is 5.11 Å². The highest BCUT2D eigenvalue weighted by Gasteiger charge is 2.43. The van der Waals surface area contributed by atoms with Gasteiger partial charge in [0.25, 0.3) is 0 Å². The molecule has 1 heterocycles. The molecule has 0 bridgehead atoms. The van der Waals surface area contributed by atoms with Crippen molar-refractivity contribution in [3.63, 3.8) is 0 Å². The fourth-order valence-corrected chi connectivity index (χ4v) is 2.19. The van der Waals surface area contributed by atoms with Crippen LogP contribution in [0.1, 0.15) is 6.42 Å². The Morgan fingerprint density at radius 2 is 2.13 bits per heavy atom. The number of rotatable bonds is 1. The molecule has 15 heavy (non-hydrogen) atoms. The van der Waals surface area contributed by atoms with Crippen molar-refractivity contribution >= 4 is 23.6 Å². The Balaban J connectivity index is 2.71. The van der Waals surface area contributed by atoms with Crippen molar-refractivity contribution in [1.82, 2.24) is 5.32 Å². The number of carboxylic acids is 1. The van der Waals surface area contributed by atoms with Crippen LogP contribution >= 0.6 is 11.8 Å². The Morgan fingerprint density at radius 1 is 1.53 bits per heavy atom. The Labute approximate surface area is 87.2 Å². The van der Waals surface area contributed by atoms with Crippen LogP contribution in [0.5, 0.6) is 0 Å². The number of thioether (sulfide) groups is 1. The number of alkyl halides is 3. The van der Waals surface area contributed by atoms with E-state index in [2.05, 4.69) is 0 Å². The number of carbonyl (C=O) groups is 2. The van der Waals surface area contributed by atoms with Crippen LogP contribution in [-0.2, 0) is 9.59 Å². The van der Waals surface area contributed by atoms with Crippen molar-refractivity contribution < 1.29 is 27.9 Å². The van der Waals surface area contributed by atoms with Crippen LogP contribution in [0.3, 0.4) is 0 Å². The number of aliphatic carboxylic acids is 1. The average molecular weight is 243 g/mol. The van der Waals surface area contributed by atoms with Gasteiger partial charge in [-0.3, -0.25) is 4.79 Å². The summed E-state index contributed by atoms with van der Waals surface area (Å²) >= 11 is 0.442. The molecule has 0 spiro atoms. The Kier molecular flexibility index (Phi) is 3.48. The molecule has 2 N–H and O–H groups in total. The minimum absolute atomic E-state index is 0.273. The second-order valence-electron chi connectivity index (χ2n) is 3.03. The van der Waals surface area contributed by atoms with E-state index in [1.807, 2.05) is 5.32 Å². The number of carboxylic acid groups (broad SMARTS) is 1. The van der Waals surface area contributed by atoms with Gasteiger partial charge in [-0.05, 0) is 0 Å². The van der Waals surface area contributed by atoms with Gasteiger partial charge < -0.3 is 10.4 Å². The molecule has 0 saturated carbocycles. The second-order valence-corrected chi connectivity index (χ2v) is 4.26. The molecule has 1 aliphatic heterocycles. The summed E-state index contributed by atoms with van der Waals surface area (Å²) in [5.74, 6) is -2.47. The molecular formula is C7H8F3NO3S. The van der Waals surface area contributed by atoms with Gasteiger partial charge in [0, 0.05) is 12.2 Å². The third-order valence-electron chi connectivity index (χ3n) is 1.83. The molecule has 0 aliphatic carbocycles. The first-order chi connectivity index (χ1) is 6.80. The van der Waals surface area contributed by atoms with Gasteiger partial charge >= 0.3 is 12.1 Å². The van der Waals surface area contributed by atoms with Crippen molar-refractivity contribution in [3.8, 4) is 0 Å². The predicted molar refractivity (Wildman–Crippen MR) is 46.5 cm³/mol. The van der Waals surface area contributed by atoms with Crippen LogP contribution in [0, 0.1) is 0 Å². The number of hydrogen-bond donors (Lipinski definition) is 2. The highest BCUT2D eigenvalue weighted by Crippen LogP contribution is 2.34. The minimum atomic E-state index is -4.48. The normalized spacial score (nSPS) is 28.1. The van der Waals surface area contributed by atoms with Crippen molar-refractivity contribution in [3.05, 3.63) is 0 Å². The summed E-state index contributed by atoms with van der Waals surface area (Å²) < 4.78 is 36.8. The standard InChI is InChI=1S/C7H8F3NO3S/c8-7(9,10)4-1-5(12)11-3(2-15-4)6(13)14/h3-4H,1-2H2,(H,11,12)(H,13,14)/t3-,4-/m0/s1. The molecule has 1 rings (SSSR count). The third-order valence-corrected chi connectivity index (χ3v) is 3.20. The van der Waals surface area contributed by atoms with Gasteiger partial charge in [0.1, 0.15) is 11.3 Å². The van der Waals surface area contributed by atoms with E-state index in [0.717, 1.165) is 0 Å². The number of halogens is 3. The number of nitrogens with one attached hydrogen (secondary N) is 1. The lowest BCUT2D eigenvalue weighted by atomic mass is 10.2. The van der Waals surface area contributed by atoms with Crippen molar-refractivity contribution in [2.24, 2.45) is 0 Å². The SMILES string of the molecule is O=C1C[C@@H](C(F)(F)F)SC[C@@H](C(=O)O)N1. The molecule has 0 unspecified atom stereocenters. The van der Waals surface area contributed by atoms with Crippen LogP contribution in [0.4, 0.5) is 13.2 Å². The number of hydrogen-bond acceptors (Lipinski definition) is 3. The topological polar surface area (TPSA) is 66.4 Å². The lowest BCUT2D eigenvalue weighted by Crippen LogP contribution is -2.41. The molecule has 0 aromatic heterocycles. The summed E-state index contributed by atoms with van der Waals surface area (Å²) in [5, 5.41) is 8.76. The van der Waals surface area contributed by atoms with Crippen molar-refractivity contribution in [1.29, 1.82) is 0 Å². The van der Waals surface area contributed by atoms with Crippen LogP contribution in [0.15, 0.2) is 0 Å². The van der Waals surface area contributed by atoms with Gasteiger partial charge in [0.05, 0.1) is 0 Å². The summed E-state index contributed by atoms with van der Waals surface area (Å²) in [4.78, 5) is 21.5. The highest BCUT2D eigenvalue weighted by molar-refractivity contribution is 8.00. The molecule has 1 fully saturated rings. The summed E-state index contributed by atoms with van der Waals surface area (Å²) in [6.07, 6.45) is -5.20. The zero-order chi connectivity index (χ0) is 11.6. The molecule has 0 aromatic rings. The van der Waals surface area contributed by atoms with Gasteiger partial charge in [-0.1, -0.05) is 0 Å². The molecule has 1 amide bonds. The molecule has 0 radical (unpaired) electrons. The van der Waals surface area contributed by atoms with Crippen molar-refractivity contribution in [2.45, 2.75) is 23.9 Å². The van der Waals surface area contributed by atoms with E-state index in [-0.39, 0.29) is 5.75 Å². The molecule has 0 aromatic carbocycles. The highest BCUT2D eigenvalue weighted by atomic mass is 32.2. The summed E-state index contributed by atoms with van der Waals surface area (Å²) in [5.41, 5.74) is 0. The molecule has 1 saturated heterocycles. The second kappa shape index (κ2) is 4.30. The molecule has 86 valence electrons. The summed E-state index contributed by atoms with van der Waals surface area (Å²) in [6.45, 7) is 0. The first kappa shape index (κ1) is 12.2. The smallest absolute Gasteiger partial charge is 0.401 e. The van der Waals surface area contributed by atoms with Gasteiger partial charge in [0.2, 0.25) is 5.91 Å². The Morgan fingerprint density at radius 3 is 2.60 bits per heavy atom. The van der Waals surface area contributed by atoms with Crippen LogP contribution in [0.25, 0.3) is 0 Å². The average Bonchev–Trinajstić information content (AvgIpc) is 2.25. The molecule has 2 atom stereocenters.